The summed E-state index contributed by atoms with van der Waals surface area (Å²) in [6.45, 7) is 13.7. The first-order chi connectivity index (χ1) is 37.0. The van der Waals surface area contributed by atoms with Crippen molar-refractivity contribution in [2.45, 2.75) is 180 Å². The molecule has 6 aliphatic rings. The van der Waals surface area contributed by atoms with Gasteiger partial charge in [-0.2, -0.15) is 94.1 Å². The Morgan fingerprint density at radius 2 is 0.342 bits per heavy atom. The summed E-state index contributed by atoms with van der Waals surface area (Å²) in [4.78, 5) is 0. The molecule has 6 aliphatic heterocycles. The smallest absolute Gasteiger partial charge is 0.396 e. The van der Waals surface area contributed by atoms with Crippen molar-refractivity contribution < 1.29 is 59.6 Å². The van der Waals surface area contributed by atoms with Gasteiger partial charge in [-0.05, 0) is 143 Å². The maximum Gasteiger partial charge on any atom is 0.479 e. The third-order valence-electron chi connectivity index (χ3n) is 12.9. The summed E-state index contributed by atoms with van der Waals surface area (Å²) in [5.41, 5.74) is 0. The van der Waals surface area contributed by atoms with Crippen molar-refractivity contribution in [3.8, 4) is 0 Å². The molecule has 76 heavy (non-hydrogen) atoms. The van der Waals surface area contributed by atoms with Gasteiger partial charge in [-0.15, -0.1) is 0 Å². The highest BCUT2D eigenvalue weighted by molar-refractivity contribution is 8.00. The number of unbranched alkanes of at least 4 members (excludes halogenated alkanes) is 6. The summed E-state index contributed by atoms with van der Waals surface area (Å²) in [5.74, 6) is 13.5. The minimum Gasteiger partial charge on any atom is -0.396 e. The van der Waals surface area contributed by atoms with E-state index in [0.717, 1.165) is 158 Å². The van der Waals surface area contributed by atoms with Crippen molar-refractivity contribution in [1.82, 2.24) is 0 Å². The third kappa shape index (κ3) is 23.6. The molecule has 14 nitrogen and oxygen atoms in total. The Balaban J connectivity index is 1.85. The average Bonchev–Trinajstić information content (AvgIpc) is 3.36. The molecule has 0 spiro atoms. The Hall–Kier alpha value is 3.98. The van der Waals surface area contributed by atoms with E-state index in [1.807, 2.05) is 70.6 Å². The maximum absolute atomic E-state index is 9.90. The van der Waals surface area contributed by atoms with E-state index in [0.29, 0.717) is 72.7 Å². The molecule has 30 heteroatoms. The normalized spacial score (nSPS) is 31.9. The predicted molar refractivity (Wildman–Crippen MR) is 349 cm³/mol. The SMILES string of the molecule is CCCCSCC[Si]12O[Si]3(CCSCCCC)O[Si]4(CCSCCCC)O[Si](CCSCCCC)(O1)O[Si]1(CCSCCCO)O[Si](CCSCCCC)(O2)O[Si](CCSCCCO)(O3)O[Si](CCSCCCC)(O4)O1. The second-order valence-electron chi connectivity index (χ2n) is 19.9. The molecule has 8 bridgehead atoms. The highest BCUT2D eigenvalue weighted by Crippen LogP contribution is 2.54. The van der Waals surface area contributed by atoms with Crippen LogP contribution in [0, 0.1) is 0 Å². The Kier molecular flexibility index (Phi) is 35.6. The van der Waals surface area contributed by atoms with E-state index in [9.17, 15) is 10.2 Å². The first-order valence-electron chi connectivity index (χ1n) is 29.2. The Morgan fingerprint density at radius 1 is 0.211 bits per heavy atom. The second-order valence-corrected chi connectivity index (χ2v) is 54.4. The van der Waals surface area contributed by atoms with Gasteiger partial charge in [0.1, 0.15) is 0 Å². The quantitative estimate of drug-likeness (QED) is 0.0439. The van der Waals surface area contributed by atoms with Crippen molar-refractivity contribution in [2.75, 3.05) is 105 Å². The van der Waals surface area contributed by atoms with Crippen LogP contribution in [-0.2, 0) is 49.4 Å². The Morgan fingerprint density at radius 3 is 0.461 bits per heavy atom. The lowest BCUT2D eigenvalue weighted by Crippen LogP contribution is -2.88. The number of hydrogen-bond donors (Lipinski definition) is 2. The molecule has 0 amide bonds. The molecule has 0 saturated carbocycles. The second kappa shape index (κ2) is 38.3. The van der Waals surface area contributed by atoms with E-state index >= 15 is 0 Å². The van der Waals surface area contributed by atoms with Crippen molar-refractivity contribution in [2.24, 2.45) is 0 Å². The first-order valence-corrected chi connectivity index (χ1v) is 53.9. The zero-order valence-corrected chi connectivity index (χ0v) is 61.9. The molecular formula is C46H100O14S8Si8. The fourth-order valence-electron chi connectivity index (χ4n) is 8.77. The van der Waals surface area contributed by atoms with E-state index in [1.165, 1.54) is 0 Å². The minimum atomic E-state index is -4.07. The number of rotatable bonds is 48. The molecule has 0 aliphatic carbocycles. The molecule has 448 valence electrons. The van der Waals surface area contributed by atoms with Gasteiger partial charge in [-0.3, -0.25) is 0 Å². The fraction of sp³-hybridized carbons (Fsp3) is 1.00. The Labute approximate surface area is 504 Å². The summed E-state index contributed by atoms with van der Waals surface area (Å²) < 4.78 is 97.8. The molecule has 0 unspecified atom stereocenters. The topological polar surface area (TPSA) is 151 Å². The third-order valence-corrected chi connectivity index (χ3v) is 61.1. The Bertz CT molecular complexity index is 1170. The predicted octanol–water partition coefficient (Wildman–Crippen LogP) is 13.2. The molecular weight excluding hydrogens is 1260 g/mol. The monoisotopic (exact) mass is 1360 g/mol. The van der Waals surface area contributed by atoms with E-state index in [1.54, 1.807) is 23.5 Å². The van der Waals surface area contributed by atoms with Crippen molar-refractivity contribution >= 4 is 165 Å². The minimum absolute atomic E-state index is 0.132. The van der Waals surface area contributed by atoms with Crippen LogP contribution < -0.4 is 0 Å². The van der Waals surface area contributed by atoms with E-state index in [-0.39, 0.29) is 13.2 Å². The number of aliphatic hydroxyl groups excluding tert-OH is 2. The standard InChI is InChI=1S/C46H100O14S8Si8/c1-7-13-23-61-31-39-69-49-71(41-33-63-25-15-9-3)51-70(40-32-62-24-14-8-2)52-72(50-69,42-34-64-26-16-10-4)56-76(46-38-68-30-20-22-48)58-73(53-69,43-35-65-27-17-11-5)57-75(55-71,45-37-67-29-19-21-47)59-74(54-70,60-76)44-36-66-28-18-12-6/h47-48H,7-46H2,1-6H3. The van der Waals surface area contributed by atoms with Gasteiger partial charge < -0.3 is 59.6 Å². The van der Waals surface area contributed by atoms with Crippen LogP contribution in [0.3, 0.4) is 0 Å². The lowest BCUT2D eigenvalue weighted by Gasteiger charge is -2.63. The molecule has 6 rings (SSSR count). The molecule has 0 atom stereocenters. The first kappa shape index (κ1) is 70.7. The van der Waals surface area contributed by atoms with Gasteiger partial charge in [0.15, 0.2) is 0 Å². The van der Waals surface area contributed by atoms with Crippen LogP contribution in [0.5, 0.6) is 0 Å². The zero-order valence-electron chi connectivity index (χ0n) is 47.3. The van der Waals surface area contributed by atoms with Crippen LogP contribution >= 0.6 is 94.1 Å². The van der Waals surface area contributed by atoms with Crippen LogP contribution in [0.2, 0.25) is 48.4 Å². The van der Waals surface area contributed by atoms with Crippen LogP contribution in [-0.4, -0.2) is 186 Å². The molecule has 0 aromatic rings. The van der Waals surface area contributed by atoms with Gasteiger partial charge in [0.25, 0.3) is 0 Å². The summed E-state index contributed by atoms with van der Waals surface area (Å²) in [5, 5.41) is 19.8. The van der Waals surface area contributed by atoms with Gasteiger partial charge in [0.2, 0.25) is 0 Å². The van der Waals surface area contributed by atoms with E-state index in [2.05, 4.69) is 41.5 Å². The number of hydrogen-bond acceptors (Lipinski definition) is 22. The van der Waals surface area contributed by atoms with Gasteiger partial charge in [-0.25, -0.2) is 0 Å². The molecule has 6 fully saturated rings. The van der Waals surface area contributed by atoms with Gasteiger partial charge in [0.05, 0.1) is 0 Å². The molecule has 0 radical (unpaired) electrons. The zero-order chi connectivity index (χ0) is 54.4. The van der Waals surface area contributed by atoms with Crippen LogP contribution in [0.25, 0.3) is 0 Å². The maximum atomic E-state index is 9.90. The highest BCUT2D eigenvalue weighted by atomic mass is 32.2. The molecule has 6 saturated heterocycles. The van der Waals surface area contributed by atoms with E-state index < -0.39 is 70.4 Å². The molecule has 0 aromatic heterocycles. The lowest BCUT2D eigenvalue weighted by molar-refractivity contribution is -0.0279. The average molecular weight is 1360 g/mol. The van der Waals surface area contributed by atoms with Crippen molar-refractivity contribution in [3.63, 3.8) is 0 Å². The number of thioether (sulfide) groups is 8. The van der Waals surface area contributed by atoms with Crippen LogP contribution in [0.1, 0.15) is 131 Å². The van der Waals surface area contributed by atoms with Gasteiger partial charge >= 0.3 is 70.4 Å². The number of aliphatic hydroxyl groups is 2. The highest BCUT2D eigenvalue weighted by Gasteiger charge is 2.83. The summed E-state index contributed by atoms with van der Waals surface area (Å²) >= 11 is 15.1. The molecule has 6 heterocycles. The van der Waals surface area contributed by atoms with Crippen molar-refractivity contribution in [1.29, 1.82) is 0 Å². The summed E-state index contributed by atoms with van der Waals surface area (Å²) in [7, 11) is -32.4. The fourth-order valence-corrected chi connectivity index (χ4v) is 72.2. The molecule has 0 aromatic carbocycles. The lowest BCUT2D eigenvalue weighted by atomic mass is 10.4. The van der Waals surface area contributed by atoms with Crippen LogP contribution in [0.4, 0.5) is 0 Å². The van der Waals surface area contributed by atoms with Gasteiger partial charge in [0, 0.05) is 61.6 Å². The molecule has 2 N–H and O–H groups in total. The summed E-state index contributed by atoms with van der Waals surface area (Å²) in [6, 6.07) is 3.92. The van der Waals surface area contributed by atoms with Crippen molar-refractivity contribution in [3.05, 3.63) is 0 Å². The largest absolute Gasteiger partial charge is 0.479 e. The van der Waals surface area contributed by atoms with E-state index in [4.69, 9.17) is 49.4 Å². The van der Waals surface area contributed by atoms with Gasteiger partial charge in [-0.1, -0.05) is 80.1 Å². The van der Waals surface area contributed by atoms with Crippen LogP contribution in [0.15, 0.2) is 0 Å². The summed E-state index contributed by atoms with van der Waals surface area (Å²) in [6.07, 6.45) is 14.8.